The van der Waals surface area contributed by atoms with E-state index >= 15 is 0 Å². The first-order valence-electron chi connectivity index (χ1n) is 7.48. The topological polar surface area (TPSA) is 60.7 Å². The molecule has 0 saturated carbocycles. The predicted molar refractivity (Wildman–Crippen MR) is 80.9 cm³/mol. The minimum Gasteiger partial charge on any atom is -0.295 e. The molecule has 1 aliphatic rings. The summed E-state index contributed by atoms with van der Waals surface area (Å²) in [5.41, 5.74) is 0.0977. The van der Waals surface area contributed by atoms with Crippen LogP contribution in [0.15, 0.2) is 24.5 Å². The Morgan fingerprint density at radius 3 is 2.54 bits per heavy atom. The Balaban J connectivity index is 2.07. The van der Waals surface area contributed by atoms with Gasteiger partial charge in [0.25, 0.3) is 0 Å². The lowest BCUT2D eigenvalue weighted by atomic mass is 10.2. The highest BCUT2D eigenvalue weighted by Gasteiger charge is 2.31. The number of rotatable bonds is 3. The van der Waals surface area contributed by atoms with Crippen molar-refractivity contribution in [2.24, 2.45) is 0 Å². The van der Waals surface area contributed by atoms with Gasteiger partial charge in [0, 0.05) is 36.0 Å². The van der Waals surface area contributed by atoms with Crippen molar-refractivity contribution in [1.29, 1.82) is 0 Å². The van der Waals surface area contributed by atoms with Crippen molar-refractivity contribution in [2.45, 2.75) is 38.9 Å². The molecule has 2 aromatic rings. The van der Waals surface area contributed by atoms with Gasteiger partial charge in [-0.2, -0.15) is 18.3 Å². The molecule has 126 valence electrons. The van der Waals surface area contributed by atoms with Crippen LogP contribution in [0.4, 0.5) is 13.2 Å². The number of hydrogen-bond acceptors (Lipinski definition) is 4. The molecule has 0 amide bonds. The van der Waals surface area contributed by atoms with E-state index < -0.39 is 11.7 Å². The number of nitrogens with zero attached hydrogens (tertiary/aromatic N) is 4. The van der Waals surface area contributed by atoms with E-state index in [1.807, 2.05) is 13.8 Å². The standard InChI is InChI=1S/C16H15F3N4O/c1-9(2)23-15(10-3-4-13(24)6-10)21-14(22-23)11-5-12(8-20-7-11)16(17,18)19/h5-9H,3-4H2,1-2H3. The normalized spacial score (nSPS) is 15.2. The van der Waals surface area contributed by atoms with Crippen molar-refractivity contribution >= 4 is 11.4 Å². The minimum absolute atomic E-state index is 0.0191. The number of aromatic nitrogens is 4. The van der Waals surface area contributed by atoms with Gasteiger partial charge in [-0.15, -0.1) is 0 Å². The van der Waals surface area contributed by atoms with Gasteiger partial charge < -0.3 is 0 Å². The molecule has 0 N–H and O–H groups in total. The van der Waals surface area contributed by atoms with Gasteiger partial charge in [-0.1, -0.05) is 0 Å². The number of halogens is 3. The van der Waals surface area contributed by atoms with E-state index in [0.717, 1.165) is 17.8 Å². The van der Waals surface area contributed by atoms with Crippen molar-refractivity contribution in [1.82, 2.24) is 19.7 Å². The summed E-state index contributed by atoms with van der Waals surface area (Å²) in [5, 5.41) is 4.32. The van der Waals surface area contributed by atoms with Crippen molar-refractivity contribution < 1.29 is 18.0 Å². The van der Waals surface area contributed by atoms with Gasteiger partial charge in [-0.25, -0.2) is 9.67 Å². The molecule has 0 spiro atoms. The maximum absolute atomic E-state index is 12.9. The second kappa shape index (κ2) is 5.85. The Morgan fingerprint density at radius 1 is 1.21 bits per heavy atom. The third-order valence-corrected chi connectivity index (χ3v) is 3.71. The summed E-state index contributed by atoms with van der Waals surface area (Å²) in [5.74, 6) is 0.700. The first-order chi connectivity index (χ1) is 11.3. The van der Waals surface area contributed by atoms with E-state index in [2.05, 4.69) is 15.1 Å². The van der Waals surface area contributed by atoms with Gasteiger partial charge in [0.1, 0.15) is 0 Å². The van der Waals surface area contributed by atoms with Crippen LogP contribution in [-0.4, -0.2) is 25.5 Å². The highest BCUT2D eigenvalue weighted by atomic mass is 19.4. The highest BCUT2D eigenvalue weighted by Crippen LogP contribution is 2.32. The number of pyridine rings is 1. The molecule has 0 unspecified atom stereocenters. The van der Waals surface area contributed by atoms with E-state index in [1.54, 1.807) is 4.68 Å². The quantitative estimate of drug-likeness (QED) is 0.858. The van der Waals surface area contributed by atoms with Gasteiger partial charge in [-0.3, -0.25) is 9.78 Å². The van der Waals surface area contributed by atoms with Crippen LogP contribution >= 0.6 is 0 Å². The molecule has 0 fully saturated rings. The van der Waals surface area contributed by atoms with Gasteiger partial charge in [0.15, 0.2) is 17.4 Å². The fourth-order valence-corrected chi connectivity index (χ4v) is 2.51. The highest BCUT2D eigenvalue weighted by molar-refractivity contribution is 6.01. The van der Waals surface area contributed by atoms with Crippen LogP contribution in [0.5, 0.6) is 0 Å². The molecule has 8 heteroatoms. The number of ketones is 1. The third-order valence-electron chi connectivity index (χ3n) is 3.71. The SMILES string of the molecule is CC(C)n1nc(-c2cncc(C(F)(F)F)c2)nc1C1=CC(=O)CC1. The Labute approximate surface area is 136 Å². The van der Waals surface area contributed by atoms with Crippen LogP contribution in [-0.2, 0) is 11.0 Å². The van der Waals surface area contributed by atoms with Gasteiger partial charge >= 0.3 is 6.18 Å². The number of allylic oxidation sites excluding steroid dienone is 2. The average Bonchev–Trinajstić information content (AvgIpc) is 3.12. The van der Waals surface area contributed by atoms with E-state index in [0.29, 0.717) is 18.7 Å². The lowest BCUT2D eigenvalue weighted by molar-refractivity contribution is -0.137. The molecule has 24 heavy (non-hydrogen) atoms. The minimum atomic E-state index is -4.48. The molecule has 2 aromatic heterocycles. The summed E-state index contributed by atoms with van der Waals surface area (Å²) < 4.78 is 40.2. The Hall–Kier alpha value is -2.51. The lowest BCUT2D eigenvalue weighted by Crippen LogP contribution is -2.07. The molecule has 0 bridgehead atoms. The molecule has 0 aliphatic heterocycles. The van der Waals surface area contributed by atoms with Crippen molar-refractivity contribution in [2.75, 3.05) is 0 Å². The molecule has 2 heterocycles. The maximum atomic E-state index is 12.9. The van der Waals surface area contributed by atoms with Crippen molar-refractivity contribution in [3.8, 4) is 11.4 Å². The molecular formula is C16H15F3N4O. The summed E-state index contributed by atoms with van der Waals surface area (Å²) >= 11 is 0. The van der Waals surface area contributed by atoms with Gasteiger partial charge in [0.2, 0.25) is 0 Å². The Bertz CT molecular complexity index is 821. The first kappa shape index (κ1) is 16.4. The smallest absolute Gasteiger partial charge is 0.295 e. The van der Waals surface area contributed by atoms with Crippen molar-refractivity contribution in [3.63, 3.8) is 0 Å². The summed E-state index contributed by atoms with van der Waals surface area (Å²) in [6, 6.07) is 0.932. The summed E-state index contributed by atoms with van der Waals surface area (Å²) in [4.78, 5) is 19.5. The zero-order valence-electron chi connectivity index (χ0n) is 13.1. The van der Waals surface area contributed by atoms with E-state index in [1.165, 1.54) is 12.3 Å². The average molecular weight is 336 g/mol. The monoisotopic (exact) mass is 336 g/mol. The Kier molecular flexibility index (Phi) is 3.98. The Morgan fingerprint density at radius 2 is 1.96 bits per heavy atom. The van der Waals surface area contributed by atoms with E-state index in [9.17, 15) is 18.0 Å². The second-order valence-electron chi connectivity index (χ2n) is 5.89. The zero-order chi connectivity index (χ0) is 17.5. The maximum Gasteiger partial charge on any atom is 0.417 e. The molecular weight excluding hydrogens is 321 g/mol. The molecule has 0 radical (unpaired) electrons. The third kappa shape index (κ3) is 3.08. The fourth-order valence-electron chi connectivity index (χ4n) is 2.51. The van der Waals surface area contributed by atoms with Gasteiger partial charge in [-0.05, 0) is 32.4 Å². The summed E-state index contributed by atoms with van der Waals surface area (Å²) in [6.45, 7) is 3.79. The lowest BCUT2D eigenvalue weighted by Gasteiger charge is -2.09. The summed E-state index contributed by atoms with van der Waals surface area (Å²) in [6.07, 6.45) is 0.0877. The van der Waals surface area contributed by atoms with Crippen LogP contribution in [0.2, 0.25) is 0 Å². The molecule has 3 rings (SSSR count). The number of hydrogen-bond donors (Lipinski definition) is 0. The van der Waals surface area contributed by atoms with Crippen LogP contribution in [0.1, 0.15) is 44.1 Å². The largest absolute Gasteiger partial charge is 0.417 e. The first-order valence-corrected chi connectivity index (χ1v) is 7.48. The fraction of sp³-hybridized carbons (Fsp3) is 0.375. The molecule has 0 saturated heterocycles. The molecule has 5 nitrogen and oxygen atoms in total. The van der Waals surface area contributed by atoms with E-state index in [-0.39, 0.29) is 23.2 Å². The number of carbonyl (C=O) groups excluding carboxylic acids is 1. The second-order valence-corrected chi connectivity index (χ2v) is 5.89. The van der Waals surface area contributed by atoms with Crippen LogP contribution in [0.3, 0.4) is 0 Å². The van der Waals surface area contributed by atoms with Crippen LogP contribution in [0, 0.1) is 0 Å². The number of carbonyl (C=O) groups is 1. The predicted octanol–water partition coefficient (Wildman–Crippen LogP) is 3.69. The van der Waals surface area contributed by atoms with Gasteiger partial charge in [0.05, 0.1) is 5.56 Å². The van der Waals surface area contributed by atoms with Crippen LogP contribution in [0.25, 0.3) is 17.0 Å². The van der Waals surface area contributed by atoms with Crippen LogP contribution < -0.4 is 0 Å². The molecule has 1 aliphatic carbocycles. The molecule has 0 aromatic carbocycles. The number of alkyl halides is 3. The van der Waals surface area contributed by atoms with Crippen molar-refractivity contribution in [3.05, 3.63) is 35.9 Å². The van der Waals surface area contributed by atoms with E-state index in [4.69, 9.17) is 0 Å². The molecule has 0 atom stereocenters. The zero-order valence-corrected chi connectivity index (χ0v) is 13.1. The summed E-state index contributed by atoms with van der Waals surface area (Å²) in [7, 11) is 0.